The number of carboxylic acid groups (broad SMARTS) is 1. The van der Waals surface area contributed by atoms with Crippen LogP contribution in [0, 0.1) is 17.2 Å². The predicted molar refractivity (Wildman–Crippen MR) is 72.4 cm³/mol. The van der Waals surface area contributed by atoms with Gasteiger partial charge in [-0.25, -0.2) is 8.42 Å². The Kier molecular flexibility index (Phi) is 5.25. The topological polar surface area (TPSA) is 107 Å². The Bertz CT molecular complexity index is 632. The number of carbonyl (C=O) groups is 1. The fourth-order valence-electron chi connectivity index (χ4n) is 1.71. The van der Waals surface area contributed by atoms with Crippen molar-refractivity contribution in [2.75, 3.05) is 0 Å². The summed E-state index contributed by atoms with van der Waals surface area (Å²) in [5, 5.41) is 18.0. The fraction of sp³-hybridized carbons (Fsp3) is 0.385. The van der Waals surface area contributed by atoms with Crippen molar-refractivity contribution in [2.24, 2.45) is 5.92 Å². The molecule has 1 unspecified atom stereocenters. The lowest BCUT2D eigenvalue weighted by atomic mass is 10.1. The zero-order valence-corrected chi connectivity index (χ0v) is 12.0. The second-order valence-electron chi connectivity index (χ2n) is 4.75. The molecule has 1 rings (SSSR count). The highest BCUT2D eigenvalue weighted by Gasteiger charge is 2.27. The minimum Gasteiger partial charge on any atom is -0.480 e. The van der Waals surface area contributed by atoms with E-state index in [1.807, 2.05) is 0 Å². The number of hydrogen-bond acceptors (Lipinski definition) is 4. The molecule has 0 amide bonds. The van der Waals surface area contributed by atoms with E-state index >= 15 is 0 Å². The van der Waals surface area contributed by atoms with Crippen LogP contribution in [0.5, 0.6) is 0 Å². The summed E-state index contributed by atoms with van der Waals surface area (Å²) in [6.45, 7) is 3.60. The molecule has 0 spiro atoms. The van der Waals surface area contributed by atoms with E-state index < -0.39 is 22.0 Å². The van der Waals surface area contributed by atoms with E-state index in [1.54, 1.807) is 26.0 Å². The van der Waals surface area contributed by atoms with E-state index in [0.29, 0.717) is 0 Å². The molecule has 6 nitrogen and oxygen atoms in total. The van der Waals surface area contributed by atoms with E-state index in [0.717, 1.165) is 0 Å². The van der Waals surface area contributed by atoms with Gasteiger partial charge in [-0.1, -0.05) is 26.0 Å². The van der Waals surface area contributed by atoms with Gasteiger partial charge in [-0.15, -0.1) is 0 Å². The van der Waals surface area contributed by atoms with E-state index in [2.05, 4.69) is 4.72 Å². The molecule has 0 heterocycles. The van der Waals surface area contributed by atoms with Crippen LogP contribution >= 0.6 is 0 Å². The smallest absolute Gasteiger partial charge is 0.321 e. The first-order valence-corrected chi connectivity index (χ1v) is 7.50. The Labute approximate surface area is 118 Å². The number of nitriles is 1. The third kappa shape index (κ3) is 4.05. The van der Waals surface area contributed by atoms with Gasteiger partial charge in [0.25, 0.3) is 0 Å². The molecule has 0 saturated heterocycles. The van der Waals surface area contributed by atoms with E-state index in [-0.39, 0.29) is 22.8 Å². The molecule has 0 saturated carbocycles. The standard InChI is InChI=1S/C13H16N2O4S/c1-9(2)7-11(13(16)17)15-20(18,19)12-6-4-3-5-10(12)8-14/h3-6,9,11,15H,7H2,1-2H3,(H,16,17). The van der Waals surface area contributed by atoms with Crippen molar-refractivity contribution in [1.29, 1.82) is 5.26 Å². The number of sulfonamides is 1. The van der Waals surface area contributed by atoms with Gasteiger partial charge in [0.05, 0.1) is 10.5 Å². The molecule has 1 atom stereocenters. The molecular weight excluding hydrogens is 280 g/mol. The summed E-state index contributed by atoms with van der Waals surface area (Å²) in [7, 11) is -4.05. The summed E-state index contributed by atoms with van der Waals surface area (Å²) in [6.07, 6.45) is 0.170. The van der Waals surface area contributed by atoms with Crippen LogP contribution in [0.2, 0.25) is 0 Å². The van der Waals surface area contributed by atoms with Gasteiger partial charge in [0, 0.05) is 0 Å². The maximum Gasteiger partial charge on any atom is 0.321 e. The lowest BCUT2D eigenvalue weighted by Crippen LogP contribution is -2.41. The normalized spacial score (nSPS) is 12.9. The van der Waals surface area contributed by atoms with Crippen LogP contribution in [-0.4, -0.2) is 25.5 Å². The largest absolute Gasteiger partial charge is 0.480 e. The number of nitrogens with one attached hydrogen (secondary N) is 1. The van der Waals surface area contributed by atoms with Crippen LogP contribution in [-0.2, 0) is 14.8 Å². The molecule has 2 N–H and O–H groups in total. The highest BCUT2D eigenvalue weighted by atomic mass is 32.2. The number of aliphatic carboxylic acids is 1. The maximum atomic E-state index is 12.2. The molecule has 0 bridgehead atoms. The average Bonchev–Trinajstić information content (AvgIpc) is 2.37. The lowest BCUT2D eigenvalue weighted by molar-refractivity contribution is -0.139. The SMILES string of the molecule is CC(C)CC(NS(=O)(=O)c1ccccc1C#N)C(=O)O. The molecule has 7 heteroatoms. The molecule has 0 aliphatic rings. The van der Waals surface area contributed by atoms with Crippen LogP contribution in [0.1, 0.15) is 25.8 Å². The van der Waals surface area contributed by atoms with Gasteiger partial charge >= 0.3 is 5.97 Å². The Balaban J connectivity index is 3.11. The summed E-state index contributed by atoms with van der Waals surface area (Å²) in [5.74, 6) is -1.22. The number of rotatable bonds is 6. The second kappa shape index (κ2) is 6.50. The highest BCUT2D eigenvalue weighted by Crippen LogP contribution is 2.16. The number of nitrogens with zero attached hydrogens (tertiary/aromatic N) is 1. The van der Waals surface area contributed by atoms with Crippen molar-refractivity contribution in [3.8, 4) is 6.07 Å². The van der Waals surface area contributed by atoms with Crippen LogP contribution in [0.25, 0.3) is 0 Å². The van der Waals surface area contributed by atoms with Gasteiger partial charge in [0.1, 0.15) is 12.1 Å². The summed E-state index contributed by atoms with van der Waals surface area (Å²) in [4.78, 5) is 10.9. The lowest BCUT2D eigenvalue weighted by Gasteiger charge is -2.17. The first-order chi connectivity index (χ1) is 9.27. The third-order valence-corrected chi connectivity index (χ3v) is 4.13. The first-order valence-electron chi connectivity index (χ1n) is 6.02. The molecule has 0 aromatic heterocycles. The zero-order chi connectivity index (χ0) is 15.3. The minimum atomic E-state index is -4.05. The van der Waals surface area contributed by atoms with Crippen LogP contribution < -0.4 is 4.72 Å². The fourth-order valence-corrected chi connectivity index (χ4v) is 3.07. The molecule has 0 aliphatic carbocycles. The van der Waals surface area contributed by atoms with Gasteiger partial charge in [-0.05, 0) is 24.5 Å². The van der Waals surface area contributed by atoms with E-state index in [9.17, 15) is 13.2 Å². The molecule has 108 valence electrons. The molecule has 1 aromatic rings. The minimum absolute atomic E-state index is 0.0185. The van der Waals surface area contributed by atoms with Gasteiger partial charge in [0.15, 0.2) is 0 Å². The summed E-state index contributed by atoms with van der Waals surface area (Å²) < 4.78 is 26.5. The van der Waals surface area contributed by atoms with E-state index in [4.69, 9.17) is 10.4 Å². The van der Waals surface area contributed by atoms with Crippen molar-refractivity contribution in [1.82, 2.24) is 4.72 Å². The van der Waals surface area contributed by atoms with Crippen LogP contribution in [0.3, 0.4) is 0 Å². The van der Waals surface area contributed by atoms with Crippen molar-refractivity contribution < 1.29 is 18.3 Å². The molecule has 20 heavy (non-hydrogen) atoms. The third-order valence-electron chi connectivity index (χ3n) is 2.60. The predicted octanol–water partition coefficient (Wildman–Crippen LogP) is 1.34. The molecule has 0 aliphatic heterocycles. The van der Waals surface area contributed by atoms with E-state index in [1.165, 1.54) is 18.2 Å². The monoisotopic (exact) mass is 296 g/mol. The highest BCUT2D eigenvalue weighted by molar-refractivity contribution is 7.89. The van der Waals surface area contributed by atoms with Gasteiger partial charge in [-0.2, -0.15) is 9.98 Å². The van der Waals surface area contributed by atoms with Crippen LogP contribution in [0.4, 0.5) is 0 Å². The quantitative estimate of drug-likeness (QED) is 0.823. The van der Waals surface area contributed by atoms with Crippen molar-refractivity contribution in [3.63, 3.8) is 0 Å². The molecule has 0 radical (unpaired) electrons. The Hall–Kier alpha value is -1.91. The number of carboxylic acids is 1. The molecule has 0 fully saturated rings. The Morgan fingerprint density at radius 2 is 2.00 bits per heavy atom. The Morgan fingerprint density at radius 3 is 2.50 bits per heavy atom. The van der Waals surface area contributed by atoms with Crippen molar-refractivity contribution >= 4 is 16.0 Å². The summed E-state index contributed by atoms with van der Waals surface area (Å²) in [6, 6.07) is 6.23. The number of benzene rings is 1. The first kappa shape index (κ1) is 16.1. The van der Waals surface area contributed by atoms with Crippen molar-refractivity contribution in [3.05, 3.63) is 29.8 Å². The average molecular weight is 296 g/mol. The maximum absolute atomic E-state index is 12.2. The summed E-state index contributed by atoms with van der Waals surface area (Å²) in [5.41, 5.74) is -0.0197. The summed E-state index contributed by atoms with van der Waals surface area (Å²) >= 11 is 0. The van der Waals surface area contributed by atoms with Gasteiger partial charge in [-0.3, -0.25) is 4.79 Å². The van der Waals surface area contributed by atoms with Gasteiger partial charge in [0.2, 0.25) is 10.0 Å². The van der Waals surface area contributed by atoms with Gasteiger partial charge < -0.3 is 5.11 Å². The molecule has 1 aromatic carbocycles. The van der Waals surface area contributed by atoms with Crippen molar-refractivity contribution in [2.45, 2.75) is 31.2 Å². The Morgan fingerprint density at radius 1 is 1.40 bits per heavy atom. The second-order valence-corrected chi connectivity index (χ2v) is 6.43. The molecular formula is C13H16N2O4S. The number of hydrogen-bond donors (Lipinski definition) is 2. The zero-order valence-electron chi connectivity index (χ0n) is 11.2. The van der Waals surface area contributed by atoms with Crippen LogP contribution in [0.15, 0.2) is 29.2 Å².